The monoisotopic (exact) mass is 437 g/mol. The van der Waals surface area contributed by atoms with Crippen LogP contribution in [0.4, 0.5) is 0 Å². The molecule has 0 radical (unpaired) electrons. The predicted molar refractivity (Wildman–Crippen MR) is 118 cm³/mol. The highest BCUT2D eigenvalue weighted by molar-refractivity contribution is 6.42. The average molecular weight is 438 g/mol. The van der Waals surface area contributed by atoms with Gasteiger partial charge in [-0.15, -0.1) is 0 Å². The second-order valence-corrected chi connectivity index (χ2v) is 8.57. The van der Waals surface area contributed by atoms with E-state index in [-0.39, 0.29) is 11.8 Å². The van der Waals surface area contributed by atoms with E-state index in [0.717, 1.165) is 12.1 Å². The van der Waals surface area contributed by atoms with Gasteiger partial charge < -0.3 is 15.1 Å². The van der Waals surface area contributed by atoms with Crippen molar-refractivity contribution >= 4 is 41.1 Å². The maximum absolute atomic E-state index is 12.5. The number of halogens is 2. The Labute approximate surface area is 183 Å². The van der Waals surface area contributed by atoms with Gasteiger partial charge in [-0.05, 0) is 36.6 Å². The molecule has 1 aliphatic heterocycles. The molecule has 2 aliphatic rings. The lowest BCUT2D eigenvalue weighted by Crippen LogP contribution is -2.41. The summed E-state index contributed by atoms with van der Waals surface area (Å²) in [6.45, 7) is 3.12. The van der Waals surface area contributed by atoms with Crippen LogP contribution < -0.4 is 5.32 Å². The third-order valence-electron chi connectivity index (χ3n) is 5.68. The Morgan fingerprint density at radius 2 is 1.90 bits per heavy atom. The normalized spacial score (nSPS) is 19.0. The maximum atomic E-state index is 12.5. The topological polar surface area (TPSA) is 52.7 Å². The molecule has 158 valence electrons. The largest absolute Gasteiger partial charge is 0.340 e. The Kier molecular flexibility index (Phi) is 8.40. The molecule has 0 unspecified atom stereocenters. The fourth-order valence-electron chi connectivity index (χ4n) is 3.92. The lowest BCUT2D eigenvalue weighted by atomic mass is 9.95. The van der Waals surface area contributed by atoms with Crippen LogP contribution in [0.5, 0.6) is 0 Å². The molecule has 0 aromatic heterocycles. The molecule has 0 bridgehead atoms. The molecule has 3 rings (SSSR count). The van der Waals surface area contributed by atoms with E-state index >= 15 is 0 Å². The Bertz CT molecular complexity index is 748. The molecule has 0 atom stereocenters. The molecular weight excluding hydrogens is 409 g/mol. The smallest absolute Gasteiger partial charge is 0.246 e. The quantitative estimate of drug-likeness (QED) is 0.684. The second-order valence-electron chi connectivity index (χ2n) is 7.75. The lowest BCUT2D eigenvalue weighted by Gasteiger charge is -2.26. The van der Waals surface area contributed by atoms with Crippen LogP contribution >= 0.6 is 23.2 Å². The molecule has 2 amide bonds. The molecule has 29 heavy (non-hydrogen) atoms. The van der Waals surface area contributed by atoms with E-state index in [0.29, 0.717) is 48.7 Å². The van der Waals surface area contributed by atoms with Gasteiger partial charge in [0.15, 0.2) is 0 Å². The van der Waals surface area contributed by atoms with Gasteiger partial charge in [0.25, 0.3) is 0 Å². The van der Waals surface area contributed by atoms with Crippen molar-refractivity contribution in [3.8, 4) is 0 Å². The number of hydrogen-bond acceptors (Lipinski definition) is 3. The average Bonchev–Trinajstić information content (AvgIpc) is 2.91. The van der Waals surface area contributed by atoms with Gasteiger partial charge in [-0.3, -0.25) is 9.59 Å². The summed E-state index contributed by atoms with van der Waals surface area (Å²) in [5, 5.41) is 4.53. The van der Waals surface area contributed by atoms with Gasteiger partial charge in [0.05, 0.1) is 10.0 Å². The minimum atomic E-state index is -0.0916. The minimum absolute atomic E-state index is 0.0916. The zero-order valence-electron chi connectivity index (χ0n) is 16.7. The van der Waals surface area contributed by atoms with Crippen molar-refractivity contribution in [3.05, 3.63) is 39.9 Å². The first kappa shape index (κ1) is 22.1. The summed E-state index contributed by atoms with van der Waals surface area (Å²) in [6, 6.07) is 5.83. The summed E-state index contributed by atoms with van der Waals surface area (Å²) < 4.78 is 0. The fraction of sp³-hybridized carbons (Fsp3) is 0.545. The van der Waals surface area contributed by atoms with Crippen molar-refractivity contribution in [1.82, 2.24) is 15.1 Å². The number of hydrogen-bond donors (Lipinski definition) is 1. The SMILES string of the molecule is O=C(/C=C/c1ccc(Cl)c(Cl)c1)N1CCC(=O)N(CCNC2CCCCC2)CC1. The molecule has 2 fully saturated rings. The number of rotatable bonds is 6. The third kappa shape index (κ3) is 6.73. The standard InChI is InChI=1S/C22H29Cl2N3O2/c23-19-8-6-17(16-20(19)24)7-9-21(28)26-12-10-22(29)27(15-14-26)13-11-25-18-4-2-1-3-5-18/h6-9,16,18,25H,1-5,10-15H2/b9-7+. The summed E-state index contributed by atoms with van der Waals surface area (Å²) in [5.41, 5.74) is 0.814. The van der Waals surface area contributed by atoms with E-state index in [1.54, 1.807) is 23.1 Å². The van der Waals surface area contributed by atoms with E-state index < -0.39 is 0 Å². The van der Waals surface area contributed by atoms with Crippen molar-refractivity contribution in [2.45, 2.75) is 44.6 Å². The first-order valence-electron chi connectivity index (χ1n) is 10.5. The van der Waals surface area contributed by atoms with Crippen LogP contribution in [0.2, 0.25) is 10.0 Å². The molecule has 1 heterocycles. The van der Waals surface area contributed by atoms with Gasteiger partial charge in [0.1, 0.15) is 0 Å². The molecule has 1 aliphatic carbocycles. The highest BCUT2D eigenvalue weighted by Gasteiger charge is 2.23. The van der Waals surface area contributed by atoms with Gasteiger partial charge in [-0.1, -0.05) is 48.5 Å². The molecule has 0 spiro atoms. The number of amides is 2. The van der Waals surface area contributed by atoms with Crippen molar-refractivity contribution in [2.75, 3.05) is 32.7 Å². The highest BCUT2D eigenvalue weighted by atomic mass is 35.5. The molecule has 1 aromatic carbocycles. The van der Waals surface area contributed by atoms with Gasteiger partial charge in [0.2, 0.25) is 11.8 Å². The Balaban J connectivity index is 1.47. The van der Waals surface area contributed by atoms with Crippen molar-refractivity contribution < 1.29 is 9.59 Å². The first-order chi connectivity index (χ1) is 14.0. The van der Waals surface area contributed by atoms with Crippen LogP contribution in [-0.2, 0) is 9.59 Å². The zero-order valence-corrected chi connectivity index (χ0v) is 18.2. The van der Waals surface area contributed by atoms with Gasteiger partial charge in [0, 0.05) is 51.3 Å². The number of carbonyl (C=O) groups is 2. The van der Waals surface area contributed by atoms with E-state index in [4.69, 9.17) is 23.2 Å². The van der Waals surface area contributed by atoms with E-state index in [1.807, 2.05) is 11.0 Å². The molecule has 1 saturated heterocycles. The summed E-state index contributed by atoms with van der Waals surface area (Å²) in [7, 11) is 0. The summed E-state index contributed by atoms with van der Waals surface area (Å²) in [5.74, 6) is 0.0326. The number of benzene rings is 1. The molecule has 7 heteroatoms. The Hall–Kier alpha value is -1.56. The van der Waals surface area contributed by atoms with E-state index in [1.165, 1.54) is 38.2 Å². The summed E-state index contributed by atoms with van der Waals surface area (Å²) in [4.78, 5) is 28.6. The van der Waals surface area contributed by atoms with Gasteiger partial charge in [-0.25, -0.2) is 0 Å². The van der Waals surface area contributed by atoms with Gasteiger partial charge >= 0.3 is 0 Å². The maximum Gasteiger partial charge on any atom is 0.246 e. The predicted octanol–water partition coefficient (Wildman–Crippen LogP) is 3.99. The molecule has 1 saturated carbocycles. The molecule has 1 N–H and O–H groups in total. The Morgan fingerprint density at radius 1 is 1.10 bits per heavy atom. The van der Waals surface area contributed by atoms with Crippen molar-refractivity contribution in [1.29, 1.82) is 0 Å². The van der Waals surface area contributed by atoms with Gasteiger partial charge in [-0.2, -0.15) is 0 Å². The number of nitrogens with zero attached hydrogens (tertiary/aromatic N) is 2. The Morgan fingerprint density at radius 3 is 2.66 bits per heavy atom. The summed E-state index contributed by atoms with van der Waals surface area (Å²) in [6.07, 6.45) is 10.0. The second kappa shape index (κ2) is 11.0. The van der Waals surface area contributed by atoms with Crippen LogP contribution in [0.15, 0.2) is 24.3 Å². The van der Waals surface area contributed by atoms with E-state index in [2.05, 4.69) is 5.32 Å². The van der Waals surface area contributed by atoms with Crippen LogP contribution in [0, 0.1) is 0 Å². The number of nitrogens with one attached hydrogen (secondary N) is 1. The molecule has 1 aromatic rings. The zero-order chi connectivity index (χ0) is 20.6. The minimum Gasteiger partial charge on any atom is -0.340 e. The first-order valence-corrected chi connectivity index (χ1v) is 11.2. The fourth-order valence-corrected chi connectivity index (χ4v) is 4.23. The highest BCUT2D eigenvalue weighted by Crippen LogP contribution is 2.23. The molecular formula is C22H29Cl2N3O2. The lowest BCUT2D eigenvalue weighted by molar-refractivity contribution is -0.130. The summed E-state index contributed by atoms with van der Waals surface area (Å²) >= 11 is 11.9. The van der Waals surface area contributed by atoms with Crippen LogP contribution in [0.3, 0.4) is 0 Å². The third-order valence-corrected chi connectivity index (χ3v) is 6.42. The van der Waals surface area contributed by atoms with Crippen LogP contribution in [-0.4, -0.2) is 60.4 Å². The van der Waals surface area contributed by atoms with Crippen molar-refractivity contribution in [3.63, 3.8) is 0 Å². The number of carbonyl (C=O) groups excluding carboxylic acids is 2. The van der Waals surface area contributed by atoms with Crippen molar-refractivity contribution in [2.24, 2.45) is 0 Å². The van der Waals surface area contributed by atoms with Crippen LogP contribution in [0.25, 0.3) is 6.08 Å². The van der Waals surface area contributed by atoms with Crippen LogP contribution in [0.1, 0.15) is 44.1 Å². The van der Waals surface area contributed by atoms with E-state index in [9.17, 15) is 9.59 Å². The molecule has 5 nitrogen and oxygen atoms in total.